The molecule has 1 heterocycles. The van der Waals surface area contributed by atoms with Crippen molar-refractivity contribution in [3.63, 3.8) is 0 Å². The molecule has 0 spiro atoms. The molecule has 5 N–H and O–H groups in total. The lowest BCUT2D eigenvalue weighted by Crippen LogP contribution is -2.32. The molecule has 1 aliphatic heterocycles. The Morgan fingerprint density at radius 3 is 2.85 bits per heavy atom. The second-order valence-electron chi connectivity index (χ2n) is 3.11. The van der Waals surface area contributed by atoms with E-state index in [0.29, 0.717) is 23.5 Å². The number of hydrogen-bond donors (Lipinski definition) is 3. The fraction of sp³-hybridized carbons (Fsp3) is 0.222. The van der Waals surface area contributed by atoms with E-state index in [1.165, 1.54) is 0 Å². The lowest BCUT2D eigenvalue weighted by atomic mass is 9.98. The van der Waals surface area contributed by atoms with Crippen LogP contribution in [0.2, 0.25) is 0 Å². The summed E-state index contributed by atoms with van der Waals surface area (Å²) in [6.45, 7) is 0.676. The number of carbonyl (C=O) groups is 1. The summed E-state index contributed by atoms with van der Waals surface area (Å²) in [5.74, 6) is -0.119. The maximum atomic E-state index is 11.4. The molecular weight excluding hydrogens is 166 g/mol. The molecular formula is C9H11N3O. The third-order valence-electron chi connectivity index (χ3n) is 2.27. The van der Waals surface area contributed by atoms with E-state index in [1.54, 1.807) is 6.07 Å². The average Bonchev–Trinajstić information content (AvgIpc) is 2.12. The van der Waals surface area contributed by atoms with Gasteiger partial charge in [0.1, 0.15) is 0 Å². The van der Waals surface area contributed by atoms with Crippen molar-refractivity contribution in [1.82, 2.24) is 5.32 Å². The number of rotatable bonds is 0. The van der Waals surface area contributed by atoms with E-state index in [2.05, 4.69) is 5.32 Å². The highest BCUT2D eigenvalue weighted by atomic mass is 16.1. The zero-order valence-corrected chi connectivity index (χ0v) is 7.13. The van der Waals surface area contributed by atoms with Crippen LogP contribution in [0.5, 0.6) is 0 Å². The highest BCUT2D eigenvalue weighted by Crippen LogP contribution is 2.25. The Labute approximate surface area is 75.9 Å². The molecule has 2 rings (SSSR count). The van der Waals surface area contributed by atoms with Gasteiger partial charge in [-0.05, 0) is 18.1 Å². The van der Waals surface area contributed by atoms with E-state index in [4.69, 9.17) is 11.5 Å². The van der Waals surface area contributed by atoms with Crippen LogP contribution in [-0.4, -0.2) is 12.5 Å². The van der Waals surface area contributed by atoms with Gasteiger partial charge in [0.25, 0.3) is 5.91 Å². The molecule has 68 valence electrons. The molecule has 1 aromatic rings. The Hall–Kier alpha value is -1.71. The molecule has 0 saturated heterocycles. The normalized spacial score (nSPS) is 14.9. The standard InChI is InChI=1S/C9H11N3O/c10-6-2-1-5-3-4-12-9(13)7(5)8(6)11/h1-2H,3-4,10-11H2,(H,12,13). The summed E-state index contributed by atoms with van der Waals surface area (Å²) < 4.78 is 0. The van der Waals surface area contributed by atoms with Crippen molar-refractivity contribution in [2.45, 2.75) is 6.42 Å². The first-order chi connectivity index (χ1) is 6.20. The van der Waals surface area contributed by atoms with Crippen molar-refractivity contribution in [3.05, 3.63) is 23.3 Å². The van der Waals surface area contributed by atoms with Crippen LogP contribution in [0.1, 0.15) is 15.9 Å². The summed E-state index contributed by atoms with van der Waals surface area (Å²) in [6.07, 6.45) is 0.825. The van der Waals surface area contributed by atoms with Gasteiger partial charge in [0.2, 0.25) is 0 Å². The second-order valence-corrected chi connectivity index (χ2v) is 3.11. The van der Waals surface area contributed by atoms with Gasteiger partial charge in [-0.3, -0.25) is 4.79 Å². The van der Waals surface area contributed by atoms with E-state index in [1.807, 2.05) is 6.07 Å². The Balaban J connectivity index is 2.65. The predicted molar refractivity (Wildman–Crippen MR) is 51.3 cm³/mol. The maximum Gasteiger partial charge on any atom is 0.253 e. The minimum atomic E-state index is -0.119. The molecule has 0 unspecified atom stereocenters. The van der Waals surface area contributed by atoms with Gasteiger partial charge >= 0.3 is 0 Å². The van der Waals surface area contributed by atoms with Crippen molar-refractivity contribution in [1.29, 1.82) is 0 Å². The van der Waals surface area contributed by atoms with Crippen LogP contribution in [0, 0.1) is 0 Å². The number of fused-ring (bicyclic) bond motifs is 1. The lowest BCUT2D eigenvalue weighted by molar-refractivity contribution is 0.0947. The summed E-state index contributed by atoms with van der Waals surface area (Å²) in [5.41, 5.74) is 13.7. The highest BCUT2D eigenvalue weighted by Gasteiger charge is 2.20. The molecule has 0 aromatic heterocycles. The van der Waals surface area contributed by atoms with Crippen LogP contribution in [0.25, 0.3) is 0 Å². The topological polar surface area (TPSA) is 81.1 Å². The Morgan fingerprint density at radius 1 is 1.31 bits per heavy atom. The molecule has 0 fully saturated rings. The monoisotopic (exact) mass is 177 g/mol. The number of benzene rings is 1. The molecule has 4 heteroatoms. The first kappa shape index (κ1) is 7.91. The van der Waals surface area contributed by atoms with Crippen molar-refractivity contribution in [2.75, 3.05) is 18.0 Å². The second kappa shape index (κ2) is 2.65. The fourth-order valence-corrected chi connectivity index (χ4v) is 1.56. The van der Waals surface area contributed by atoms with E-state index in [-0.39, 0.29) is 5.91 Å². The van der Waals surface area contributed by atoms with Crippen molar-refractivity contribution in [3.8, 4) is 0 Å². The summed E-state index contributed by atoms with van der Waals surface area (Å²) in [6, 6.07) is 3.60. The van der Waals surface area contributed by atoms with Crippen LogP contribution >= 0.6 is 0 Å². The third-order valence-corrected chi connectivity index (χ3v) is 2.27. The van der Waals surface area contributed by atoms with E-state index in [0.717, 1.165) is 12.0 Å². The van der Waals surface area contributed by atoms with Gasteiger partial charge in [-0.25, -0.2) is 0 Å². The molecule has 1 amide bonds. The highest BCUT2D eigenvalue weighted by molar-refractivity contribution is 6.03. The smallest absolute Gasteiger partial charge is 0.253 e. The molecule has 0 bridgehead atoms. The first-order valence-electron chi connectivity index (χ1n) is 4.15. The van der Waals surface area contributed by atoms with E-state index < -0.39 is 0 Å². The van der Waals surface area contributed by atoms with Crippen LogP contribution in [-0.2, 0) is 6.42 Å². The molecule has 0 aliphatic carbocycles. The molecule has 4 nitrogen and oxygen atoms in total. The Kier molecular flexibility index (Phi) is 1.62. The minimum Gasteiger partial charge on any atom is -0.397 e. The van der Waals surface area contributed by atoms with Crippen LogP contribution in [0.3, 0.4) is 0 Å². The van der Waals surface area contributed by atoms with Crippen LogP contribution in [0.4, 0.5) is 11.4 Å². The first-order valence-corrected chi connectivity index (χ1v) is 4.15. The zero-order valence-electron chi connectivity index (χ0n) is 7.13. The zero-order chi connectivity index (χ0) is 9.42. The maximum absolute atomic E-state index is 11.4. The molecule has 1 aromatic carbocycles. The van der Waals surface area contributed by atoms with E-state index in [9.17, 15) is 4.79 Å². The summed E-state index contributed by atoms with van der Waals surface area (Å²) in [4.78, 5) is 11.4. The van der Waals surface area contributed by atoms with Crippen molar-refractivity contribution >= 4 is 17.3 Å². The number of nitrogen functional groups attached to an aromatic ring is 2. The number of carbonyl (C=O) groups excluding carboxylic acids is 1. The number of amides is 1. The van der Waals surface area contributed by atoms with Gasteiger partial charge in [-0.2, -0.15) is 0 Å². The lowest BCUT2D eigenvalue weighted by Gasteiger charge is -2.18. The molecule has 0 radical (unpaired) electrons. The van der Waals surface area contributed by atoms with E-state index >= 15 is 0 Å². The predicted octanol–water partition coefficient (Wildman–Crippen LogP) is 0.137. The molecule has 13 heavy (non-hydrogen) atoms. The summed E-state index contributed by atoms with van der Waals surface area (Å²) in [5, 5.41) is 2.73. The van der Waals surface area contributed by atoms with Gasteiger partial charge in [-0.1, -0.05) is 6.07 Å². The molecule has 0 atom stereocenters. The number of nitrogens with two attached hydrogens (primary N) is 2. The Bertz CT molecular complexity index is 373. The average molecular weight is 177 g/mol. The van der Waals surface area contributed by atoms with Crippen LogP contribution in [0.15, 0.2) is 12.1 Å². The van der Waals surface area contributed by atoms with Gasteiger partial charge in [0.05, 0.1) is 16.9 Å². The van der Waals surface area contributed by atoms with Gasteiger partial charge < -0.3 is 16.8 Å². The van der Waals surface area contributed by atoms with Gasteiger partial charge in [0.15, 0.2) is 0 Å². The van der Waals surface area contributed by atoms with Gasteiger partial charge in [0, 0.05) is 6.54 Å². The third kappa shape index (κ3) is 1.11. The Morgan fingerprint density at radius 2 is 2.08 bits per heavy atom. The molecule has 1 aliphatic rings. The fourth-order valence-electron chi connectivity index (χ4n) is 1.56. The van der Waals surface area contributed by atoms with Gasteiger partial charge in [-0.15, -0.1) is 0 Å². The van der Waals surface area contributed by atoms with Crippen molar-refractivity contribution in [2.24, 2.45) is 0 Å². The largest absolute Gasteiger partial charge is 0.397 e. The minimum absolute atomic E-state index is 0.119. The number of hydrogen-bond acceptors (Lipinski definition) is 3. The number of nitrogens with one attached hydrogen (secondary N) is 1. The molecule has 0 saturated carbocycles. The number of anilines is 2. The SMILES string of the molecule is Nc1ccc2c(c1N)C(=O)NCC2. The van der Waals surface area contributed by atoms with Crippen molar-refractivity contribution < 1.29 is 4.79 Å². The summed E-state index contributed by atoms with van der Waals surface area (Å²) in [7, 11) is 0. The summed E-state index contributed by atoms with van der Waals surface area (Å²) >= 11 is 0. The van der Waals surface area contributed by atoms with Crippen LogP contribution < -0.4 is 16.8 Å². The quantitative estimate of drug-likeness (QED) is 0.493.